The van der Waals surface area contributed by atoms with E-state index in [2.05, 4.69) is 24.3 Å². The molecule has 0 aliphatic heterocycles. The second-order valence-electron chi connectivity index (χ2n) is 10.2. The normalized spacial score (nSPS) is 10.1. The van der Waals surface area contributed by atoms with E-state index in [4.69, 9.17) is 21.4 Å². The summed E-state index contributed by atoms with van der Waals surface area (Å²) in [7, 11) is 0. The lowest BCUT2D eigenvalue weighted by Gasteiger charge is -2.10. The molecule has 6 aromatic carbocycles. The number of nitrogens with two attached hydrogens (primary N) is 2. The maximum Gasteiger partial charge on any atom is 0.233 e. The third kappa shape index (κ3) is 7.95. The van der Waals surface area contributed by atoms with E-state index in [1.807, 2.05) is 84.9 Å². The summed E-state index contributed by atoms with van der Waals surface area (Å²) in [6, 6.07) is 52.8. The van der Waals surface area contributed by atoms with E-state index in [-0.39, 0.29) is 0 Å². The van der Waals surface area contributed by atoms with Gasteiger partial charge < -0.3 is 11.5 Å². The van der Waals surface area contributed by atoms with Crippen LogP contribution < -0.4 is 11.5 Å². The number of Topliss-reactive ketones (excluding diaryl/α,β-unsaturated/α-hetero) is 2. The molecule has 0 spiro atoms. The second kappa shape index (κ2) is 15.4. The van der Waals surface area contributed by atoms with Crippen molar-refractivity contribution in [2.24, 2.45) is 0 Å². The van der Waals surface area contributed by atoms with Crippen molar-refractivity contribution in [1.29, 1.82) is 0 Å². The summed E-state index contributed by atoms with van der Waals surface area (Å²) in [5.74, 6) is -0.932. The van der Waals surface area contributed by atoms with Gasteiger partial charge in [0, 0.05) is 22.3 Å². The summed E-state index contributed by atoms with van der Waals surface area (Å²) in [5.41, 5.74) is 18.8. The lowest BCUT2D eigenvalue weighted by Crippen LogP contribution is -2.14. The zero-order valence-electron chi connectivity index (χ0n) is 25.0. The number of nitrogens with zero attached hydrogens (tertiary/aromatic N) is 2. The van der Waals surface area contributed by atoms with Gasteiger partial charge in [-0.25, -0.2) is 9.97 Å². The molecular weight excluding hydrogens is 568 g/mol. The van der Waals surface area contributed by atoms with Gasteiger partial charge in [-0.05, 0) is 24.3 Å². The lowest BCUT2D eigenvalue weighted by molar-refractivity contribution is 0.0817. The predicted octanol–water partition coefficient (Wildman–Crippen LogP) is 8.57. The van der Waals surface area contributed by atoms with Crippen LogP contribution in [0.5, 0.6) is 0 Å². The van der Waals surface area contributed by atoms with Crippen molar-refractivity contribution in [2.75, 3.05) is 11.5 Å². The third-order valence-corrected chi connectivity index (χ3v) is 6.94. The van der Waals surface area contributed by atoms with Crippen molar-refractivity contribution in [3.63, 3.8) is 0 Å². The van der Waals surface area contributed by atoms with Crippen molar-refractivity contribution in [3.05, 3.63) is 181 Å². The molecule has 46 heavy (non-hydrogen) atoms. The van der Waals surface area contributed by atoms with Crippen LogP contribution in [0.1, 0.15) is 20.7 Å². The first-order chi connectivity index (χ1) is 22.5. The van der Waals surface area contributed by atoms with Gasteiger partial charge >= 0.3 is 0 Å². The number of hydrogen-bond acceptors (Lipinski definition) is 6. The van der Waals surface area contributed by atoms with Gasteiger partial charge in [0.15, 0.2) is 0 Å². The number of anilines is 2. The Morgan fingerprint density at radius 3 is 0.978 bits per heavy atom. The number of fused-ring (bicyclic) bond motifs is 1. The first-order valence-electron chi connectivity index (χ1n) is 14.7. The van der Waals surface area contributed by atoms with Gasteiger partial charge in [0.1, 0.15) is 0 Å². The Kier molecular flexibility index (Phi) is 10.4. The average molecular weight is 601 g/mol. The standard InChI is InChI=1S/C20H14N2.C14H10O2.C6H8N2/c1-3-9-15(10-4-1)19-20(16-11-5-2-6-12-16)22-18-14-8-7-13-17(18)21-19;15-13(11-7-3-1-4-8-11)14(16)12-9-5-2-6-10-12;7-5-3-1-2-4-6(5)8/h1-14H;1-10H;1-4H,7-8H2. The number of carbonyl (C=O) groups is 2. The topological polar surface area (TPSA) is 112 Å². The highest BCUT2D eigenvalue weighted by Gasteiger charge is 2.17. The summed E-state index contributed by atoms with van der Waals surface area (Å²) in [4.78, 5) is 33.3. The Bertz CT molecular complexity index is 1880. The van der Waals surface area contributed by atoms with E-state index in [0.29, 0.717) is 22.5 Å². The Labute approximate surface area is 268 Å². The molecule has 0 unspecified atom stereocenters. The molecular formula is C40H32N4O2. The molecule has 0 saturated heterocycles. The van der Waals surface area contributed by atoms with Crippen molar-refractivity contribution in [2.45, 2.75) is 0 Å². The highest BCUT2D eigenvalue weighted by atomic mass is 16.2. The third-order valence-electron chi connectivity index (χ3n) is 6.94. The monoisotopic (exact) mass is 600 g/mol. The number of rotatable bonds is 5. The van der Waals surface area contributed by atoms with Crippen LogP contribution in [-0.2, 0) is 0 Å². The molecule has 0 aliphatic carbocycles. The SMILES string of the molecule is Nc1ccccc1N.O=C(C(=O)c1ccccc1)c1ccccc1.c1ccc(-c2nc3ccccc3nc2-c2ccccc2)cc1. The molecule has 6 heteroatoms. The van der Waals surface area contributed by atoms with Crippen LogP contribution >= 0.6 is 0 Å². The number of carbonyl (C=O) groups excluding carboxylic acids is 2. The predicted molar refractivity (Wildman–Crippen MR) is 187 cm³/mol. The maximum absolute atomic E-state index is 11.8. The number of hydrogen-bond donors (Lipinski definition) is 2. The summed E-state index contributed by atoms with van der Waals surface area (Å²) < 4.78 is 0. The van der Waals surface area contributed by atoms with Crippen LogP contribution in [0.2, 0.25) is 0 Å². The van der Waals surface area contributed by atoms with Crippen LogP contribution in [0.15, 0.2) is 170 Å². The van der Waals surface area contributed by atoms with E-state index in [1.54, 1.807) is 60.7 Å². The summed E-state index contributed by atoms with van der Waals surface area (Å²) >= 11 is 0. The van der Waals surface area contributed by atoms with Crippen molar-refractivity contribution in [3.8, 4) is 22.5 Å². The van der Waals surface area contributed by atoms with Gasteiger partial charge in [0.2, 0.25) is 11.6 Å². The first kappa shape index (κ1) is 31.0. The Morgan fingerprint density at radius 2 is 0.652 bits per heavy atom. The largest absolute Gasteiger partial charge is 0.397 e. The fraction of sp³-hybridized carbons (Fsp3) is 0. The molecule has 6 nitrogen and oxygen atoms in total. The second-order valence-corrected chi connectivity index (χ2v) is 10.2. The fourth-order valence-corrected chi connectivity index (χ4v) is 4.55. The highest BCUT2D eigenvalue weighted by Crippen LogP contribution is 2.30. The van der Waals surface area contributed by atoms with Gasteiger partial charge in [-0.1, -0.05) is 146 Å². The van der Waals surface area contributed by atoms with E-state index >= 15 is 0 Å². The van der Waals surface area contributed by atoms with Gasteiger partial charge in [0.25, 0.3) is 0 Å². The number of nitrogen functional groups attached to an aromatic ring is 2. The summed E-state index contributed by atoms with van der Waals surface area (Å²) in [6.45, 7) is 0. The summed E-state index contributed by atoms with van der Waals surface area (Å²) in [6.07, 6.45) is 0. The van der Waals surface area contributed by atoms with E-state index < -0.39 is 11.6 Å². The molecule has 0 fully saturated rings. The molecule has 7 rings (SSSR count). The molecule has 0 saturated carbocycles. The Morgan fingerprint density at radius 1 is 0.370 bits per heavy atom. The average Bonchev–Trinajstić information content (AvgIpc) is 3.14. The van der Waals surface area contributed by atoms with E-state index in [1.165, 1.54) is 0 Å². The van der Waals surface area contributed by atoms with Gasteiger partial charge in [-0.3, -0.25) is 9.59 Å². The molecule has 4 N–H and O–H groups in total. The first-order valence-corrected chi connectivity index (χ1v) is 14.7. The summed E-state index contributed by atoms with van der Waals surface area (Å²) in [5, 5.41) is 0. The minimum absolute atomic E-state index is 0.427. The molecule has 0 atom stereocenters. The zero-order valence-corrected chi connectivity index (χ0v) is 25.0. The Balaban J connectivity index is 0.000000152. The van der Waals surface area contributed by atoms with Crippen LogP contribution in [0.3, 0.4) is 0 Å². The Hall–Kier alpha value is -6.40. The van der Waals surface area contributed by atoms with Crippen molar-refractivity contribution < 1.29 is 9.59 Å². The molecule has 0 radical (unpaired) electrons. The molecule has 7 aromatic rings. The number of aromatic nitrogens is 2. The van der Waals surface area contributed by atoms with E-state index in [9.17, 15) is 9.59 Å². The number of para-hydroxylation sites is 4. The molecule has 1 heterocycles. The van der Waals surface area contributed by atoms with Crippen LogP contribution in [0.25, 0.3) is 33.5 Å². The zero-order chi connectivity index (χ0) is 32.1. The number of benzene rings is 6. The highest BCUT2D eigenvalue weighted by molar-refractivity contribution is 6.49. The molecule has 0 amide bonds. The molecule has 0 aliphatic rings. The van der Waals surface area contributed by atoms with Gasteiger partial charge in [-0.15, -0.1) is 0 Å². The van der Waals surface area contributed by atoms with Gasteiger partial charge in [0.05, 0.1) is 33.8 Å². The minimum atomic E-state index is -0.466. The number of ketones is 2. The quantitative estimate of drug-likeness (QED) is 0.116. The smallest absolute Gasteiger partial charge is 0.233 e. The molecule has 0 bridgehead atoms. The van der Waals surface area contributed by atoms with Gasteiger partial charge in [-0.2, -0.15) is 0 Å². The fourth-order valence-electron chi connectivity index (χ4n) is 4.55. The lowest BCUT2D eigenvalue weighted by atomic mass is 10.0. The van der Waals surface area contributed by atoms with Crippen LogP contribution in [0.4, 0.5) is 11.4 Å². The molecule has 224 valence electrons. The van der Waals surface area contributed by atoms with Crippen molar-refractivity contribution in [1.82, 2.24) is 9.97 Å². The minimum Gasteiger partial charge on any atom is -0.397 e. The van der Waals surface area contributed by atoms with Crippen LogP contribution in [-0.4, -0.2) is 21.5 Å². The van der Waals surface area contributed by atoms with E-state index in [0.717, 1.165) is 33.5 Å². The molecule has 1 aromatic heterocycles. The van der Waals surface area contributed by atoms with Crippen LogP contribution in [0, 0.1) is 0 Å². The van der Waals surface area contributed by atoms with Crippen molar-refractivity contribution >= 4 is 34.0 Å². The maximum atomic E-state index is 11.8.